The van der Waals surface area contributed by atoms with E-state index in [9.17, 15) is 9.59 Å². The fraction of sp³-hybridized carbons (Fsp3) is 0.846. The highest BCUT2D eigenvalue weighted by Gasteiger charge is 2.47. The molecule has 4 nitrogen and oxygen atoms in total. The van der Waals surface area contributed by atoms with E-state index in [1.54, 1.807) is 4.90 Å². The fourth-order valence-corrected chi connectivity index (χ4v) is 2.97. The lowest BCUT2D eigenvalue weighted by atomic mass is 9.89. The molecule has 1 aliphatic heterocycles. The van der Waals surface area contributed by atoms with Crippen molar-refractivity contribution in [1.29, 1.82) is 0 Å². The normalized spacial score (nSPS) is 33.2. The summed E-state index contributed by atoms with van der Waals surface area (Å²) in [6.07, 6.45) is 4.37. The van der Waals surface area contributed by atoms with Crippen LogP contribution in [0.15, 0.2) is 0 Å². The Bertz CT molecular complexity index is 330. The third-order valence-electron chi connectivity index (χ3n) is 4.13. The van der Waals surface area contributed by atoms with Crippen molar-refractivity contribution in [3.8, 4) is 0 Å². The van der Waals surface area contributed by atoms with E-state index in [0.717, 1.165) is 25.7 Å². The number of hydrogen-bond acceptors (Lipinski definition) is 3. The Hall–Kier alpha value is -0.900. The molecule has 4 heteroatoms. The standard InChI is InChI=1S/C13H22N2O2/c1-13(2)8-11(16)15(12(13)17)10-6-4-9(14-3)5-7-10/h9-10,14H,4-8H2,1-3H3. The summed E-state index contributed by atoms with van der Waals surface area (Å²) in [7, 11) is 1.97. The van der Waals surface area contributed by atoms with E-state index in [0.29, 0.717) is 12.5 Å². The fourth-order valence-electron chi connectivity index (χ4n) is 2.97. The Morgan fingerprint density at radius 2 is 1.76 bits per heavy atom. The van der Waals surface area contributed by atoms with Gasteiger partial charge in [-0.15, -0.1) is 0 Å². The molecule has 0 aromatic rings. The highest BCUT2D eigenvalue weighted by Crippen LogP contribution is 2.36. The second-order valence-electron chi connectivity index (χ2n) is 5.92. The summed E-state index contributed by atoms with van der Waals surface area (Å²) in [6, 6.07) is 0.688. The molecule has 2 amide bonds. The number of amides is 2. The van der Waals surface area contributed by atoms with Gasteiger partial charge < -0.3 is 5.32 Å². The number of hydrogen-bond donors (Lipinski definition) is 1. The minimum Gasteiger partial charge on any atom is -0.317 e. The molecule has 0 unspecified atom stereocenters. The lowest BCUT2D eigenvalue weighted by Crippen LogP contribution is -2.45. The van der Waals surface area contributed by atoms with Gasteiger partial charge in [-0.1, -0.05) is 13.8 Å². The van der Waals surface area contributed by atoms with Crippen molar-refractivity contribution in [2.75, 3.05) is 7.05 Å². The van der Waals surface area contributed by atoms with Gasteiger partial charge in [-0.05, 0) is 32.7 Å². The average Bonchev–Trinajstić information content (AvgIpc) is 2.49. The molecule has 0 bridgehead atoms. The van der Waals surface area contributed by atoms with Gasteiger partial charge in [0.15, 0.2) is 0 Å². The van der Waals surface area contributed by atoms with Gasteiger partial charge in [0.05, 0.1) is 5.41 Å². The zero-order valence-electron chi connectivity index (χ0n) is 11.0. The topological polar surface area (TPSA) is 49.4 Å². The average molecular weight is 238 g/mol. The van der Waals surface area contributed by atoms with Crippen molar-refractivity contribution in [2.24, 2.45) is 5.41 Å². The maximum Gasteiger partial charge on any atom is 0.235 e. The van der Waals surface area contributed by atoms with E-state index in [1.807, 2.05) is 20.9 Å². The Morgan fingerprint density at radius 3 is 2.18 bits per heavy atom. The highest BCUT2D eigenvalue weighted by atomic mass is 16.2. The largest absolute Gasteiger partial charge is 0.317 e. The molecule has 96 valence electrons. The number of carbonyl (C=O) groups excluding carboxylic acids is 2. The summed E-state index contributed by atoms with van der Waals surface area (Å²) in [4.78, 5) is 25.7. The molecule has 1 saturated carbocycles. The van der Waals surface area contributed by atoms with Crippen LogP contribution in [0.25, 0.3) is 0 Å². The van der Waals surface area contributed by atoms with Crippen LogP contribution in [0.4, 0.5) is 0 Å². The van der Waals surface area contributed by atoms with Crippen molar-refractivity contribution in [2.45, 2.75) is 58.0 Å². The summed E-state index contributed by atoms with van der Waals surface area (Å²) < 4.78 is 0. The molecule has 2 rings (SSSR count). The third kappa shape index (κ3) is 2.23. The van der Waals surface area contributed by atoms with E-state index in [4.69, 9.17) is 0 Å². The smallest absolute Gasteiger partial charge is 0.235 e. The van der Waals surface area contributed by atoms with E-state index in [1.165, 1.54) is 0 Å². The molecule has 0 aromatic heterocycles. The Morgan fingerprint density at radius 1 is 1.18 bits per heavy atom. The monoisotopic (exact) mass is 238 g/mol. The lowest BCUT2D eigenvalue weighted by Gasteiger charge is -2.34. The first kappa shape index (κ1) is 12.6. The van der Waals surface area contributed by atoms with Crippen LogP contribution in [0.5, 0.6) is 0 Å². The zero-order valence-corrected chi connectivity index (χ0v) is 11.0. The van der Waals surface area contributed by atoms with E-state index in [-0.39, 0.29) is 17.9 Å². The van der Waals surface area contributed by atoms with Crippen LogP contribution >= 0.6 is 0 Å². The van der Waals surface area contributed by atoms with Crippen LogP contribution in [0.1, 0.15) is 46.0 Å². The summed E-state index contributed by atoms with van der Waals surface area (Å²) in [5.74, 6) is 0.0447. The zero-order chi connectivity index (χ0) is 12.6. The second kappa shape index (κ2) is 4.41. The van der Waals surface area contributed by atoms with Crippen LogP contribution in [0, 0.1) is 5.41 Å². The minimum absolute atomic E-state index is 0.0212. The van der Waals surface area contributed by atoms with Crippen LogP contribution in [0.2, 0.25) is 0 Å². The molecule has 0 spiro atoms. The van der Waals surface area contributed by atoms with Gasteiger partial charge in [-0.2, -0.15) is 0 Å². The van der Waals surface area contributed by atoms with Gasteiger partial charge in [-0.3, -0.25) is 14.5 Å². The molecule has 0 aromatic carbocycles. The molecule has 1 aliphatic carbocycles. The lowest BCUT2D eigenvalue weighted by molar-refractivity contribution is -0.144. The number of nitrogens with one attached hydrogen (secondary N) is 1. The predicted octanol–water partition coefficient (Wildman–Crippen LogP) is 1.30. The highest BCUT2D eigenvalue weighted by molar-refractivity contribution is 6.05. The summed E-state index contributed by atoms with van der Waals surface area (Å²) in [5.41, 5.74) is -0.489. The third-order valence-corrected chi connectivity index (χ3v) is 4.13. The van der Waals surface area contributed by atoms with Gasteiger partial charge >= 0.3 is 0 Å². The minimum atomic E-state index is -0.489. The number of carbonyl (C=O) groups is 2. The summed E-state index contributed by atoms with van der Waals surface area (Å²) in [5, 5.41) is 3.27. The summed E-state index contributed by atoms with van der Waals surface area (Å²) in [6.45, 7) is 3.74. The first-order chi connectivity index (χ1) is 7.95. The molecule has 0 atom stereocenters. The molecular formula is C13H22N2O2. The van der Waals surface area contributed by atoms with E-state index >= 15 is 0 Å². The van der Waals surface area contributed by atoms with Crippen molar-refractivity contribution < 1.29 is 9.59 Å². The number of rotatable bonds is 2. The molecule has 1 N–H and O–H groups in total. The van der Waals surface area contributed by atoms with E-state index < -0.39 is 5.41 Å². The molecule has 2 aliphatic rings. The number of nitrogens with zero attached hydrogens (tertiary/aromatic N) is 1. The van der Waals surface area contributed by atoms with Gasteiger partial charge in [0, 0.05) is 18.5 Å². The second-order valence-corrected chi connectivity index (χ2v) is 5.92. The van der Waals surface area contributed by atoms with Crippen LogP contribution in [0.3, 0.4) is 0 Å². The molecule has 1 saturated heterocycles. The number of likely N-dealkylation sites (tertiary alicyclic amines) is 1. The van der Waals surface area contributed by atoms with Crippen LogP contribution in [-0.2, 0) is 9.59 Å². The SMILES string of the molecule is CNC1CCC(N2C(=O)CC(C)(C)C2=O)CC1. The van der Waals surface area contributed by atoms with Gasteiger partial charge in [0.2, 0.25) is 11.8 Å². The maximum absolute atomic E-state index is 12.2. The van der Waals surface area contributed by atoms with Gasteiger partial charge in [-0.25, -0.2) is 0 Å². The molecule has 17 heavy (non-hydrogen) atoms. The van der Waals surface area contributed by atoms with Crippen molar-refractivity contribution in [3.63, 3.8) is 0 Å². The van der Waals surface area contributed by atoms with Gasteiger partial charge in [0.25, 0.3) is 0 Å². The van der Waals surface area contributed by atoms with Crippen molar-refractivity contribution in [1.82, 2.24) is 10.2 Å². The first-order valence-corrected chi connectivity index (χ1v) is 6.49. The molecular weight excluding hydrogens is 216 g/mol. The van der Waals surface area contributed by atoms with Crippen molar-refractivity contribution in [3.05, 3.63) is 0 Å². The molecule has 2 fully saturated rings. The van der Waals surface area contributed by atoms with Crippen LogP contribution < -0.4 is 5.32 Å². The Labute approximate surface area is 103 Å². The predicted molar refractivity (Wildman–Crippen MR) is 65.4 cm³/mol. The van der Waals surface area contributed by atoms with Gasteiger partial charge in [0.1, 0.15) is 0 Å². The Kier molecular flexibility index (Phi) is 3.25. The number of imide groups is 1. The van der Waals surface area contributed by atoms with E-state index in [2.05, 4.69) is 5.32 Å². The first-order valence-electron chi connectivity index (χ1n) is 6.49. The van der Waals surface area contributed by atoms with Crippen molar-refractivity contribution >= 4 is 11.8 Å². The maximum atomic E-state index is 12.2. The van der Waals surface area contributed by atoms with Crippen LogP contribution in [-0.4, -0.2) is 35.8 Å². The quantitative estimate of drug-likeness (QED) is 0.738. The summed E-state index contributed by atoms with van der Waals surface area (Å²) >= 11 is 0. The molecule has 1 heterocycles. The Balaban J connectivity index is 2.04. The molecule has 0 radical (unpaired) electrons.